The third-order valence-corrected chi connectivity index (χ3v) is 4.39. The van der Waals surface area contributed by atoms with E-state index >= 15 is 0 Å². The highest BCUT2D eigenvalue weighted by molar-refractivity contribution is 6.39. The molecule has 0 radical (unpaired) electrons. The van der Waals surface area contributed by atoms with Crippen LogP contribution in [0.2, 0.25) is 0 Å². The molecule has 2 rings (SSSR count). The van der Waals surface area contributed by atoms with E-state index in [-0.39, 0.29) is 17.2 Å². The summed E-state index contributed by atoms with van der Waals surface area (Å²) < 4.78 is 34.1. The second kappa shape index (κ2) is 9.94. The summed E-state index contributed by atoms with van der Waals surface area (Å²) in [4.78, 5) is 23.7. The highest BCUT2D eigenvalue weighted by atomic mass is 19.3. The van der Waals surface area contributed by atoms with Crippen LogP contribution in [0.25, 0.3) is 0 Å². The molecule has 0 aromatic heterocycles. The van der Waals surface area contributed by atoms with E-state index in [0.29, 0.717) is 6.54 Å². The number of carbonyl (C=O) groups is 2. The summed E-state index contributed by atoms with van der Waals surface area (Å²) >= 11 is 0. The number of alkyl halides is 2. The Morgan fingerprint density at radius 1 is 1.19 bits per heavy atom. The summed E-state index contributed by atoms with van der Waals surface area (Å²) in [6.07, 6.45) is 6.92. The van der Waals surface area contributed by atoms with Crippen LogP contribution in [0.4, 0.5) is 14.5 Å². The average Bonchev–Trinajstić information content (AvgIpc) is 3.11. The number of rotatable bonds is 8. The number of nitrogens with one attached hydrogen (secondary N) is 2. The molecule has 1 aliphatic carbocycles. The molecule has 0 bridgehead atoms. The summed E-state index contributed by atoms with van der Waals surface area (Å²) in [6, 6.07) is 3.98. The van der Waals surface area contributed by atoms with Crippen LogP contribution >= 0.6 is 0 Å². The van der Waals surface area contributed by atoms with Crippen LogP contribution in [0.3, 0.4) is 0 Å². The fourth-order valence-electron chi connectivity index (χ4n) is 3.10. The molecule has 0 spiro atoms. The van der Waals surface area contributed by atoms with E-state index in [0.717, 1.165) is 18.8 Å². The van der Waals surface area contributed by atoms with Gasteiger partial charge < -0.3 is 20.1 Å². The fourth-order valence-corrected chi connectivity index (χ4v) is 3.10. The van der Waals surface area contributed by atoms with Gasteiger partial charge in [0.1, 0.15) is 0 Å². The van der Waals surface area contributed by atoms with Crippen LogP contribution < -0.4 is 20.1 Å². The van der Waals surface area contributed by atoms with Crippen molar-refractivity contribution in [2.75, 3.05) is 19.0 Å². The summed E-state index contributed by atoms with van der Waals surface area (Å²) in [5, 5.41) is 4.93. The molecule has 1 aliphatic rings. The minimum atomic E-state index is -3.03. The molecular formula is C18H24F2N2O4. The SMILES string of the molecule is COc1ccc(NC(=O)C(=O)NCCCC2CCCC2)cc1OC(F)F. The number of ether oxygens (including phenoxy) is 2. The van der Waals surface area contributed by atoms with Gasteiger partial charge in [-0.15, -0.1) is 0 Å². The molecule has 8 heteroatoms. The Hall–Kier alpha value is -2.38. The van der Waals surface area contributed by atoms with E-state index < -0.39 is 18.4 Å². The van der Waals surface area contributed by atoms with Gasteiger partial charge in [-0.3, -0.25) is 9.59 Å². The minimum absolute atomic E-state index is 0.0969. The van der Waals surface area contributed by atoms with E-state index in [4.69, 9.17) is 4.74 Å². The molecule has 0 unspecified atom stereocenters. The highest BCUT2D eigenvalue weighted by Crippen LogP contribution is 2.31. The number of halogens is 2. The standard InChI is InChI=1S/C18H24F2N2O4/c1-25-14-9-8-13(11-15(14)26-18(19)20)22-17(24)16(23)21-10-4-7-12-5-2-3-6-12/h8-9,11-12,18H,2-7,10H2,1H3,(H,21,23)(H,22,24). The third-order valence-electron chi connectivity index (χ3n) is 4.39. The van der Waals surface area contributed by atoms with Gasteiger partial charge in [0.15, 0.2) is 11.5 Å². The number of benzene rings is 1. The van der Waals surface area contributed by atoms with Crippen molar-refractivity contribution in [1.82, 2.24) is 5.32 Å². The molecule has 1 aromatic rings. The molecule has 0 aliphatic heterocycles. The van der Waals surface area contributed by atoms with Gasteiger partial charge in [-0.2, -0.15) is 8.78 Å². The van der Waals surface area contributed by atoms with Crippen molar-refractivity contribution in [2.24, 2.45) is 5.92 Å². The Bertz CT molecular complexity index is 619. The highest BCUT2D eigenvalue weighted by Gasteiger charge is 2.17. The first kappa shape index (κ1) is 19.9. The first-order chi connectivity index (χ1) is 12.5. The normalized spacial score (nSPS) is 14.3. The Morgan fingerprint density at radius 3 is 2.58 bits per heavy atom. The zero-order chi connectivity index (χ0) is 18.9. The van der Waals surface area contributed by atoms with E-state index in [1.807, 2.05) is 0 Å². The zero-order valence-electron chi connectivity index (χ0n) is 14.7. The minimum Gasteiger partial charge on any atom is -0.493 e. The van der Waals surface area contributed by atoms with Crippen molar-refractivity contribution in [3.8, 4) is 11.5 Å². The molecule has 1 fully saturated rings. The molecule has 2 N–H and O–H groups in total. The van der Waals surface area contributed by atoms with Crippen LogP contribution in [0.5, 0.6) is 11.5 Å². The quantitative estimate of drug-likeness (QED) is 0.544. The lowest BCUT2D eigenvalue weighted by atomic mass is 10.0. The van der Waals surface area contributed by atoms with Crippen LogP contribution in [0.15, 0.2) is 18.2 Å². The van der Waals surface area contributed by atoms with Gasteiger partial charge in [-0.1, -0.05) is 25.7 Å². The van der Waals surface area contributed by atoms with Gasteiger partial charge >= 0.3 is 18.4 Å². The average molecular weight is 370 g/mol. The summed E-state index contributed by atoms with van der Waals surface area (Å²) in [5.74, 6) is -1.02. The second-order valence-corrected chi connectivity index (χ2v) is 6.25. The second-order valence-electron chi connectivity index (χ2n) is 6.25. The van der Waals surface area contributed by atoms with E-state index in [9.17, 15) is 18.4 Å². The fraction of sp³-hybridized carbons (Fsp3) is 0.556. The monoisotopic (exact) mass is 370 g/mol. The summed E-state index contributed by atoms with van der Waals surface area (Å²) in [5.41, 5.74) is 0.160. The molecule has 0 heterocycles. The number of hydrogen-bond donors (Lipinski definition) is 2. The van der Waals surface area contributed by atoms with Crippen molar-refractivity contribution in [1.29, 1.82) is 0 Å². The Morgan fingerprint density at radius 2 is 1.92 bits per heavy atom. The molecule has 6 nitrogen and oxygen atoms in total. The maximum atomic E-state index is 12.4. The molecule has 26 heavy (non-hydrogen) atoms. The predicted molar refractivity (Wildman–Crippen MR) is 92.5 cm³/mol. The van der Waals surface area contributed by atoms with Gasteiger partial charge in [-0.05, 0) is 30.9 Å². The van der Waals surface area contributed by atoms with E-state index in [1.165, 1.54) is 51.0 Å². The van der Waals surface area contributed by atoms with Gasteiger partial charge in [-0.25, -0.2) is 0 Å². The van der Waals surface area contributed by atoms with Crippen molar-refractivity contribution >= 4 is 17.5 Å². The van der Waals surface area contributed by atoms with Crippen LogP contribution in [0.1, 0.15) is 38.5 Å². The third kappa shape index (κ3) is 6.16. The topological polar surface area (TPSA) is 76.7 Å². The predicted octanol–water partition coefficient (Wildman–Crippen LogP) is 3.32. The van der Waals surface area contributed by atoms with Crippen molar-refractivity contribution in [2.45, 2.75) is 45.1 Å². The lowest BCUT2D eigenvalue weighted by Gasteiger charge is -2.12. The number of anilines is 1. The first-order valence-corrected chi connectivity index (χ1v) is 8.71. The maximum absolute atomic E-state index is 12.4. The Labute approximate surface area is 151 Å². The lowest BCUT2D eigenvalue weighted by Crippen LogP contribution is -2.36. The molecular weight excluding hydrogens is 346 g/mol. The molecule has 1 aromatic carbocycles. The molecule has 1 saturated carbocycles. The van der Waals surface area contributed by atoms with Crippen LogP contribution in [-0.2, 0) is 9.59 Å². The van der Waals surface area contributed by atoms with Crippen molar-refractivity contribution < 1.29 is 27.8 Å². The van der Waals surface area contributed by atoms with Gasteiger partial charge in [0, 0.05) is 18.3 Å². The number of amides is 2. The largest absolute Gasteiger partial charge is 0.493 e. The zero-order valence-corrected chi connectivity index (χ0v) is 14.7. The van der Waals surface area contributed by atoms with Crippen LogP contribution in [-0.4, -0.2) is 32.1 Å². The molecule has 0 atom stereocenters. The lowest BCUT2D eigenvalue weighted by molar-refractivity contribution is -0.136. The Kier molecular flexibility index (Phi) is 7.62. The van der Waals surface area contributed by atoms with Crippen LogP contribution in [0, 0.1) is 5.92 Å². The summed E-state index contributed by atoms with van der Waals surface area (Å²) in [6.45, 7) is -2.59. The maximum Gasteiger partial charge on any atom is 0.387 e. The molecule has 0 saturated heterocycles. The Balaban J connectivity index is 1.80. The first-order valence-electron chi connectivity index (χ1n) is 8.71. The summed E-state index contributed by atoms with van der Waals surface area (Å²) in [7, 11) is 1.31. The van der Waals surface area contributed by atoms with Crippen molar-refractivity contribution in [3.63, 3.8) is 0 Å². The molecule has 144 valence electrons. The number of carbonyl (C=O) groups excluding carboxylic acids is 2. The van der Waals surface area contributed by atoms with E-state index in [1.54, 1.807) is 0 Å². The van der Waals surface area contributed by atoms with E-state index in [2.05, 4.69) is 15.4 Å². The number of methoxy groups -OCH3 is 1. The van der Waals surface area contributed by atoms with Gasteiger partial charge in [0.25, 0.3) is 0 Å². The van der Waals surface area contributed by atoms with Crippen molar-refractivity contribution in [3.05, 3.63) is 18.2 Å². The van der Waals surface area contributed by atoms with Gasteiger partial charge in [0.2, 0.25) is 0 Å². The smallest absolute Gasteiger partial charge is 0.387 e. The number of hydrogen-bond acceptors (Lipinski definition) is 4. The van der Waals surface area contributed by atoms with Gasteiger partial charge in [0.05, 0.1) is 7.11 Å². The molecule has 2 amide bonds.